The molecule has 96 valence electrons. The maximum absolute atomic E-state index is 12.7. The highest BCUT2D eigenvalue weighted by atomic mass is 127. The summed E-state index contributed by atoms with van der Waals surface area (Å²) >= 11 is 2.25. The Morgan fingerprint density at radius 2 is 1.84 bits per heavy atom. The predicted octanol–water partition coefficient (Wildman–Crippen LogP) is 3.88. The van der Waals surface area contributed by atoms with E-state index in [2.05, 4.69) is 35.6 Å². The quantitative estimate of drug-likeness (QED) is 0.705. The highest BCUT2D eigenvalue weighted by molar-refractivity contribution is 14.1. The molecule has 19 heavy (non-hydrogen) atoms. The van der Waals surface area contributed by atoms with Crippen molar-refractivity contribution in [2.75, 3.05) is 4.90 Å². The van der Waals surface area contributed by atoms with Gasteiger partial charge in [0.15, 0.2) is 0 Å². The predicted molar refractivity (Wildman–Crippen MR) is 85.6 cm³/mol. The van der Waals surface area contributed by atoms with E-state index in [9.17, 15) is 4.79 Å². The Kier molecular flexibility index (Phi) is 3.31. The van der Waals surface area contributed by atoms with E-state index in [1.165, 1.54) is 5.56 Å². The fourth-order valence-electron chi connectivity index (χ4n) is 2.61. The van der Waals surface area contributed by atoms with Crippen LogP contribution in [-0.4, -0.2) is 11.9 Å². The summed E-state index contributed by atoms with van der Waals surface area (Å²) in [4.78, 5) is 14.6. The van der Waals surface area contributed by atoms with Crippen LogP contribution in [-0.2, 0) is 6.42 Å². The van der Waals surface area contributed by atoms with Crippen LogP contribution in [0.1, 0.15) is 22.8 Å². The van der Waals surface area contributed by atoms with E-state index in [-0.39, 0.29) is 11.9 Å². The Morgan fingerprint density at radius 3 is 2.58 bits per heavy atom. The average molecular weight is 363 g/mol. The first-order valence-electron chi connectivity index (χ1n) is 6.34. The number of carbonyl (C=O) groups is 1. The van der Waals surface area contributed by atoms with E-state index in [1.807, 2.05) is 47.4 Å². The molecule has 2 nitrogen and oxygen atoms in total. The lowest BCUT2D eigenvalue weighted by molar-refractivity contribution is 0.0981. The number of carbonyl (C=O) groups excluding carboxylic acids is 1. The van der Waals surface area contributed by atoms with Crippen molar-refractivity contribution in [1.82, 2.24) is 0 Å². The van der Waals surface area contributed by atoms with Gasteiger partial charge in [0.05, 0.1) is 0 Å². The monoisotopic (exact) mass is 363 g/mol. The van der Waals surface area contributed by atoms with E-state index < -0.39 is 0 Å². The van der Waals surface area contributed by atoms with Crippen molar-refractivity contribution < 1.29 is 4.79 Å². The fraction of sp³-hybridized carbons (Fsp3) is 0.188. The SMILES string of the molecule is C[C@@H]1Cc2ccccc2N1C(=O)c1ccc(I)cc1. The van der Waals surface area contributed by atoms with Gasteiger partial charge in [-0.1, -0.05) is 18.2 Å². The van der Waals surface area contributed by atoms with Crippen LogP contribution in [0.4, 0.5) is 5.69 Å². The third-order valence-corrected chi connectivity index (χ3v) is 4.24. The second kappa shape index (κ2) is 4.96. The lowest BCUT2D eigenvalue weighted by Gasteiger charge is -2.22. The number of nitrogens with zero attached hydrogens (tertiary/aromatic N) is 1. The van der Waals surface area contributed by atoms with Crippen molar-refractivity contribution in [1.29, 1.82) is 0 Å². The molecule has 0 N–H and O–H groups in total. The smallest absolute Gasteiger partial charge is 0.258 e. The van der Waals surface area contributed by atoms with Crippen LogP contribution in [0.25, 0.3) is 0 Å². The molecule has 0 saturated heterocycles. The zero-order valence-corrected chi connectivity index (χ0v) is 12.8. The molecular weight excluding hydrogens is 349 g/mol. The molecule has 3 heteroatoms. The van der Waals surface area contributed by atoms with Crippen LogP contribution < -0.4 is 4.90 Å². The summed E-state index contributed by atoms with van der Waals surface area (Å²) in [6, 6.07) is 16.1. The highest BCUT2D eigenvalue weighted by Gasteiger charge is 2.30. The van der Waals surface area contributed by atoms with Gasteiger partial charge in [-0.2, -0.15) is 0 Å². The standard InChI is InChI=1S/C16H14INO/c1-11-10-13-4-2-3-5-15(13)18(11)16(19)12-6-8-14(17)9-7-12/h2-9,11H,10H2,1H3/t11-/m1/s1. The molecule has 1 amide bonds. The van der Waals surface area contributed by atoms with Crippen LogP contribution in [0.5, 0.6) is 0 Å². The number of benzene rings is 2. The van der Waals surface area contributed by atoms with Gasteiger partial charge >= 0.3 is 0 Å². The first kappa shape index (κ1) is 12.7. The number of fused-ring (bicyclic) bond motifs is 1. The van der Waals surface area contributed by atoms with E-state index in [4.69, 9.17) is 0 Å². The van der Waals surface area contributed by atoms with Crippen molar-refractivity contribution in [3.8, 4) is 0 Å². The van der Waals surface area contributed by atoms with Gasteiger partial charge in [0.1, 0.15) is 0 Å². The van der Waals surface area contributed by atoms with Crippen molar-refractivity contribution in [3.05, 3.63) is 63.2 Å². The summed E-state index contributed by atoms with van der Waals surface area (Å²) in [5.74, 6) is 0.0915. The van der Waals surface area contributed by atoms with Crippen LogP contribution in [0.2, 0.25) is 0 Å². The number of amides is 1. The Morgan fingerprint density at radius 1 is 1.16 bits per heavy atom. The first-order chi connectivity index (χ1) is 9.16. The maximum atomic E-state index is 12.7. The summed E-state index contributed by atoms with van der Waals surface area (Å²) < 4.78 is 1.14. The maximum Gasteiger partial charge on any atom is 0.258 e. The Labute approximate surface area is 126 Å². The second-order valence-electron chi connectivity index (χ2n) is 4.86. The number of para-hydroxylation sites is 1. The topological polar surface area (TPSA) is 20.3 Å². The molecule has 1 aliphatic rings. The number of hydrogen-bond acceptors (Lipinski definition) is 1. The second-order valence-corrected chi connectivity index (χ2v) is 6.11. The third-order valence-electron chi connectivity index (χ3n) is 3.52. The van der Waals surface area contributed by atoms with Gasteiger partial charge in [-0.05, 0) is 71.8 Å². The van der Waals surface area contributed by atoms with E-state index in [0.29, 0.717) is 0 Å². The average Bonchev–Trinajstić information content (AvgIpc) is 2.74. The normalized spacial score (nSPS) is 17.4. The van der Waals surface area contributed by atoms with E-state index in [1.54, 1.807) is 0 Å². The molecule has 3 rings (SSSR count). The Bertz CT molecular complexity index is 621. The molecule has 0 fully saturated rings. The molecule has 1 heterocycles. The van der Waals surface area contributed by atoms with E-state index in [0.717, 1.165) is 21.2 Å². The van der Waals surface area contributed by atoms with E-state index >= 15 is 0 Å². The highest BCUT2D eigenvalue weighted by Crippen LogP contribution is 2.33. The molecule has 2 aromatic rings. The minimum Gasteiger partial charge on any atom is -0.305 e. The molecule has 2 aromatic carbocycles. The number of anilines is 1. The summed E-state index contributed by atoms with van der Waals surface area (Å²) in [6.07, 6.45) is 0.937. The minimum atomic E-state index is 0.0915. The number of halogens is 1. The van der Waals surface area contributed by atoms with Crippen molar-refractivity contribution in [3.63, 3.8) is 0 Å². The largest absolute Gasteiger partial charge is 0.305 e. The lowest BCUT2D eigenvalue weighted by Crippen LogP contribution is -2.35. The van der Waals surface area contributed by atoms with Gasteiger partial charge in [0.25, 0.3) is 5.91 Å². The first-order valence-corrected chi connectivity index (χ1v) is 7.42. The van der Waals surface area contributed by atoms with Gasteiger partial charge in [-0.25, -0.2) is 0 Å². The summed E-state index contributed by atoms with van der Waals surface area (Å²) in [5.41, 5.74) is 3.07. The van der Waals surface area contributed by atoms with Crippen molar-refractivity contribution >= 4 is 34.2 Å². The van der Waals surface area contributed by atoms with Gasteiger partial charge in [0, 0.05) is 20.9 Å². The summed E-state index contributed by atoms with van der Waals surface area (Å²) in [5, 5.41) is 0. The molecule has 0 aromatic heterocycles. The fourth-order valence-corrected chi connectivity index (χ4v) is 2.97. The molecule has 0 radical (unpaired) electrons. The summed E-state index contributed by atoms with van der Waals surface area (Å²) in [6.45, 7) is 2.10. The lowest BCUT2D eigenvalue weighted by atomic mass is 10.1. The Balaban J connectivity index is 1.98. The van der Waals surface area contributed by atoms with Gasteiger partial charge in [0.2, 0.25) is 0 Å². The number of hydrogen-bond donors (Lipinski definition) is 0. The van der Waals surface area contributed by atoms with Gasteiger partial charge < -0.3 is 4.90 Å². The van der Waals surface area contributed by atoms with Crippen molar-refractivity contribution in [2.24, 2.45) is 0 Å². The van der Waals surface area contributed by atoms with Gasteiger partial charge in [-0.15, -0.1) is 0 Å². The third kappa shape index (κ3) is 2.27. The number of rotatable bonds is 1. The molecule has 0 bridgehead atoms. The zero-order chi connectivity index (χ0) is 13.4. The molecule has 0 aliphatic carbocycles. The zero-order valence-electron chi connectivity index (χ0n) is 10.6. The van der Waals surface area contributed by atoms with Gasteiger partial charge in [-0.3, -0.25) is 4.79 Å². The molecular formula is C16H14INO. The summed E-state index contributed by atoms with van der Waals surface area (Å²) in [7, 11) is 0. The molecule has 1 atom stereocenters. The Hall–Kier alpha value is -1.36. The van der Waals surface area contributed by atoms with Crippen LogP contribution in [0.3, 0.4) is 0 Å². The van der Waals surface area contributed by atoms with Crippen LogP contribution >= 0.6 is 22.6 Å². The molecule has 0 saturated carbocycles. The van der Waals surface area contributed by atoms with Crippen LogP contribution in [0.15, 0.2) is 48.5 Å². The molecule has 1 aliphatic heterocycles. The minimum absolute atomic E-state index is 0.0915. The van der Waals surface area contributed by atoms with Crippen LogP contribution in [0, 0.1) is 3.57 Å². The molecule has 0 spiro atoms. The molecule has 0 unspecified atom stereocenters. The van der Waals surface area contributed by atoms with Crippen molar-refractivity contribution in [2.45, 2.75) is 19.4 Å².